The van der Waals surface area contributed by atoms with Gasteiger partial charge in [-0.05, 0) is 37.8 Å². The molecule has 0 aliphatic carbocycles. The lowest BCUT2D eigenvalue weighted by molar-refractivity contribution is 0.0860. The van der Waals surface area contributed by atoms with Crippen LogP contribution in [0.4, 0.5) is 4.79 Å². The summed E-state index contributed by atoms with van der Waals surface area (Å²) in [4.78, 5) is 11.8. The fourth-order valence-electron chi connectivity index (χ4n) is 2.33. The summed E-state index contributed by atoms with van der Waals surface area (Å²) in [6, 6.07) is 7.98. The van der Waals surface area contributed by atoms with Gasteiger partial charge < -0.3 is 15.4 Å². The number of carbonyl (C=O) groups is 1. The van der Waals surface area contributed by atoms with Crippen molar-refractivity contribution in [2.24, 2.45) is 0 Å². The lowest BCUT2D eigenvalue weighted by Crippen LogP contribution is -2.45. The smallest absolute Gasteiger partial charge is 0.315 e. The summed E-state index contributed by atoms with van der Waals surface area (Å²) in [5, 5.41) is 5.83. The van der Waals surface area contributed by atoms with Crippen LogP contribution in [0.3, 0.4) is 0 Å². The van der Waals surface area contributed by atoms with E-state index >= 15 is 0 Å². The van der Waals surface area contributed by atoms with E-state index in [1.54, 1.807) is 0 Å². The molecule has 19 heavy (non-hydrogen) atoms. The Morgan fingerprint density at radius 3 is 2.95 bits per heavy atom. The van der Waals surface area contributed by atoms with Crippen LogP contribution in [-0.4, -0.2) is 24.8 Å². The Kier molecular flexibility index (Phi) is 4.80. The van der Waals surface area contributed by atoms with E-state index in [0.29, 0.717) is 6.54 Å². The highest BCUT2D eigenvalue weighted by molar-refractivity contribution is 5.74. The first-order valence-electron chi connectivity index (χ1n) is 6.87. The monoisotopic (exact) mass is 262 g/mol. The van der Waals surface area contributed by atoms with Gasteiger partial charge in [0.1, 0.15) is 0 Å². The Labute approximate surface area is 114 Å². The van der Waals surface area contributed by atoms with Crippen molar-refractivity contribution in [2.75, 3.05) is 6.61 Å². The van der Waals surface area contributed by atoms with Crippen molar-refractivity contribution in [2.45, 2.75) is 45.4 Å². The van der Waals surface area contributed by atoms with Crippen LogP contribution in [0.5, 0.6) is 0 Å². The van der Waals surface area contributed by atoms with Crippen molar-refractivity contribution >= 4 is 6.03 Å². The van der Waals surface area contributed by atoms with Gasteiger partial charge in [-0.15, -0.1) is 0 Å². The Hall–Kier alpha value is -1.55. The maximum Gasteiger partial charge on any atom is 0.315 e. The minimum absolute atomic E-state index is 0.0550. The Morgan fingerprint density at radius 1 is 1.47 bits per heavy atom. The molecule has 104 valence electrons. The highest BCUT2D eigenvalue weighted by Crippen LogP contribution is 2.15. The summed E-state index contributed by atoms with van der Waals surface area (Å²) >= 11 is 0. The number of aryl methyl sites for hydroxylation is 1. The molecule has 4 nitrogen and oxygen atoms in total. The second kappa shape index (κ2) is 6.57. The van der Waals surface area contributed by atoms with E-state index < -0.39 is 0 Å². The van der Waals surface area contributed by atoms with Gasteiger partial charge >= 0.3 is 6.03 Å². The minimum Gasteiger partial charge on any atom is -0.376 e. The molecule has 2 atom stereocenters. The number of ether oxygens (including phenoxy) is 1. The normalized spacial score (nSPS) is 20.0. The summed E-state index contributed by atoms with van der Waals surface area (Å²) in [6.07, 6.45) is 2.27. The number of nitrogens with one attached hydrogen (secondary N) is 2. The zero-order valence-corrected chi connectivity index (χ0v) is 11.6. The molecule has 2 N–H and O–H groups in total. The van der Waals surface area contributed by atoms with Gasteiger partial charge in [0.25, 0.3) is 0 Å². The molecule has 0 bridgehead atoms. The first-order valence-corrected chi connectivity index (χ1v) is 6.87. The first-order chi connectivity index (χ1) is 9.16. The molecule has 2 unspecified atom stereocenters. The largest absolute Gasteiger partial charge is 0.376 e. The van der Waals surface area contributed by atoms with Crippen LogP contribution >= 0.6 is 0 Å². The standard InChI is InChI=1S/C15H22N2O2/c1-11-6-3-4-7-13(11)10-16-15(18)17-12(2)14-8-5-9-19-14/h3-4,6-7,12,14H,5,8-10H2,1-2H3,(H2,16,17,18). The molecule has 1 saturated heterocycles. The van der Waals surface area contributed by atoms with Crippen molar-refractivity contribution in [1.29, 1.82) is 0 Å². The predicted octanol–water partition coefficient (Wildman–Crippen LogP) is 2.36. The molecule has 0 radical (unpaired) electrons. The molecule has 0 aromatic heterocycles. The summed E-state index contributed by atoms with van der Waals surface area (Å²) in [7, 11) is 0. The average Bonchev–Trinajstić information content (AvgIpc) is 2.91. The lowest BCUT2D eigenvalue weighted by atomic mass is 10.1. The maximum absolute atomic E-state index is 11.8. The van der Waals surface area contributed by atoms with E-state index in [1.807, 2.05) is 38.1 Å². The molecule has 1 fully saturated rings. The summed E-state index contributed by atoms with van der Waals surface area (Å²) in [5.41, 5.74) is 2.33. The molecule has 1 aliphatic rings. The van der Waals surface area contributed by atoms with E-state index in [2.05, 4.69) is 10.6 Å². The summed E-state index contributed by atoms with van der Waals surface area (Å²) in [6.45, 7) is 5.39. The Balaban J connectivity index is 1.77. The van der Waals surface area contributed by atoms with Gasteiger partial charge in [-0.2, -0.15) is 0 Å². The molecule has 2 amide bonds. The molecular formula is C15H22N2O2. The van der Waals surface area contributed by atoms with Gasteiger partial charge in [-0.3, -0.25) is 0 Å². The molecule has 4 heteroatoms. The first kappa shape index (κ1) is 13.9. The van der Waals surface area contributed by atoms with Crippen LogP contribution in [0.25, 0.3) is 0 Å². The van der Waals surface area contributed by atoms with Crippen molar-refractivity contribution in [3.63, 3.8) is 0 Å². The zero-order valence-electron chi connectivity index (χ0n) is 11.6. The van der Waals surface area contributed by atoms with E-state index in [9.17, 15) is 4.79 Å². The molecule has 0 saturated carbocycles. The van der Waals surface area contributed by atoms with Crippen LogP contribution < -0.4 is 10.6 Å². The fourth-order valence-corrected chi connectivity index (χ4v) is 2.33. The number of rotatable bonds is 4. The average molecular weight is 262 g/mol. The molecule has 0 spiro atoms. The third-order valence-electron chi connectivity index (χ3n) is 3.58. The summed E-state index contributed by atoms with van der Waals surface area (Å²) < 4.78 is 5.56. The molecule has 1 aliphatic heterocycles. The summed E-state index contributed by atoms with van der Waals surface area (Å²) in [5.74, 6) is 0. The SMILES string of the molecule is Cc1ccccc1CNC(=O)NC(C)C1CCCO1. The Morgan fingerprint density at radius 2 is 2.26 bits per heavy atom. The highest BCUT2D eigenvalue weighted by Gasteiger charge is 2.23. The van der Waals surface area contributed by atoms with Crippen LogP contribution in [0, 0.1) is 6.92 Å². The third-order valence-corrected chi connectivity index (χ3v) is 3.58. The second-order valence-corrected chi connectivity index (χ2v) is 5.09. The van der Waals surface area contributed by atoms with Crippen LogP contribution in [0.2, 0.25) is 0 Å². The topological polar surface area (TPSA) is 50.4 Å². The number of carbonyl (C=O) groups excluding carboxylic acids is 1. The van der Waals surface area contributed by atoms with Gasteiger partial charge in [0.2, 0.25) is 0 Å². The number of benzene rings is 1. The lowest BCUT2D eigenvalue weighted by Gasteiger charge is -2.20. The zero-order chi connectivity index (χ0) is 13.7. The predicted molar refractivity (Wildman–Crippen MR) is 75.0 cm³/mol. The number of hydrogen-bond acceptors (Lipinski definition) is 2. The van der Waals surface area contributed by atoms with Gasteiger partial charge in [0.15, 0.2) is 0 Å². The number of amides is 2. The van der Waals surface area contributed by atoms with Crippen LogP contribution in [0.1, 0.15) is 30.9 Å². The number of hydrogen-bond donors (Lipinski definition) is 2. The third kappa shape index (κ3) is 3.96. The molecule has 2 rings (SSSR count). The van der Waals surface area contributed by atoms with Gasteiger partial charge in [0, 0.05) is 13.2 Å². The van der Waals surface area contributed by atoms with Crippen molar-refractivity contribution in [3.05, 3.63) is 35.4 Å². The maximum atomic E-state index is 11.8. The van der Waals surface area contributed by atoms with Crippen molar-refractivity contribution in [1.82, 2.24) is 10.6 Å². The van der Waals surface area contributed by atoms with Crippen LogP contribution in [0.15, 0.2) is 24.3 Å². The Bertz CT molecular complexity index is 428. The van der Waals surface area contributed by atoms with Crippen molar-refractivity contribution in [3.8, 4) is 0 Å². The van der Waals surface area contributed by atoms with Gasteiger partial charge in [0.05, 0.1) is 12.1 Å². The molecule has 1 heterocycles. The molecule has 1 aromatic rings. The second-order valence-electron chi connectivity index (χ2n) is 5.09. The van der Waals surface area contributed by atoms with Crippen LogP contribution in [-0.2, 0) is 11.3 Å². The van der Waals surface area contributed by atoms with E-state index in [1.165, 1.54) is 5.56 Å². The number of urea groups is 1. The van der Waals surface area contributed by atoms with Gasteiger partial charge in [-0.25, -0.2) is 4.79 Å². The van der Waals surface area contributed by atoms with E-state index in [-0.39, 0.29) is 18.2 Å². The van der Waals surface area contributed by atoms with Crippen molar-refractivity contribution < 1.29 is 9.53 Å². The fraction of sp³-hybridized carbons (Fsp3) is 0.533. The molecule has 1 aromatic carbocycles. The minimum atomic E-state index is -0.133. The molecular weight excluding hydrogens is 240 g/mol. The van der Waals surface area contributed by atoms with Gasteiger partial charge in [-0.1, -0.05) is 24.3 Å². The van der Waals surface area contributed by atoms with E-state index in [0.717, 1.165) is 25.0 Å². The highest BCUT2D eigenvalue weighted by atomic mass is 16.5. The quantitative estimate of drug-likeness (QED) is 0.875. The van der Waals surface area contributed by atoms with E-state index in [4.69, 9.17) is 4.74 Å².